The molecule has 0 aromatic carbocycles. The minimum absolute atomic E-state index is 0.392. The van der Waals surface area contributed by atoms with Crippen LogP contribution in [0.4, 0.5) is 0 Å². The summed E-state index contributed by atoms with van der Waals surface area (Å²) >= 11 is 0. The summed E-state index contributed by atoms with van der Waals surface area (Å²) < 4.78 is 0. The monoisotopic (exact) mass is 219 g/mol. The van der Waals surface area contributed by atoms with Gasteiger partial charge in [0.25, 0.3) is 0 Å². The van der Waals surface area contributed by atoms with Crippen molar-refractivity contribution in [2.75, 3.05) is 0 Å². The molecule has 2 rings (SSSR count). The summed E-state index contributed by atoms with van der Waals surface area (Å²) in [5.41, 5.74) is 3.39. The van der Waals surface area contributed by atoms with E-state index in [-0.39, 0.29) is 0 Å². The Balaban J connectivity index is 2.48. The van der Waals surface area contributed by atoms with Gasteiger partial charge in [-0.3, -0.25) is 4.98 Å². The molecule has 0 bridgehead atoms. The Bertz CT molecular complexity index is 413. The lowest BCUT2D eigenvalue weighted by Crippen LogP contribution is -2.09. The number of hydrogen-bond acceptors (Lipinski definition) is 2. The molecule has 1 aromatic heterocycles. The van der Waals surface area contributed by atoms with Crippen molar-refractivity contribution in [2.24, 2.45) is 0 Å². The van der Waals surface area contributed by atoms with Crippen LogP contribution in [0.25, 0.3) is 0 Å². The van der Waals surface area contributed by atoms with E-state index in [4.69, 9.17) is 5.11 Å². The van der Waals surface area contributed by atoms with Crippen molar-refractivity contribution in [1.29, 1.82) is 0 Å². The molecule has 3 heteroatoms. The first-order valence-electron chi connectivity index (χ1n) is 5.97. The van der Waals surface area contributed by atoms with E-state index in [9.17, 15) is 4.79 Å². The van der Waals surface area contributed by atoms with Crippen LogP contribution >= 0.6 is 0 Å². The Morgan fingerprint density at radius 3 is 2.81 bits per heavy atom. The standard InChI is InChI=1S/C13H17NO2/c1-2-11-10(13(15)16)8-9-6-4-3-5-7-12(9)14-11/h8H,2-7H2,1H3,(H,15,16). The average molecular weight is 219 g/mol. The van der Waals surface area contributed by atoms with E-state index in [0.717, 1.165) is 36.2 Å². The number of fused-ring (bicyclic) bond motifs is 1. The highest BCUT2D eigenvalue weighted by atomic mass is 16.4. The predicted molar refractivity (Wildman–Crippen MR) is 61.8 cm³/mol. The van der Waals surface area contributed by atoms with Crippen molar-refractivity contribution in [3.05, 3.63) is 28.6 Å². The fourth-order valence-electron chi connectivity index (χ4n) is 2.31. The minimum Gasteiger partial charge on any atom is -0.478 e. The van der Waals surface area contributed by atoms with Gasteiger partial charge in [0.1, 0.15) is 0 Å². The molecule has 0 saturated heterocycles. The third-order valence-corrected chi connectivity index (χ3v) is 3.20. The van der Waals surface area contributed by atoms with E-state index in [1.807, 2.05) is 13.0 Å². The van der Waals surface area contributed by atoms with Gasteiger partial charge in [-0.05, 0) is 43.7 Å². The maximum atomic E-state index is 11.1. The Morgan fingerprint density at radius 1 is 1.38 bits per heavy atom. The summed E-state index contributed by atoms with van der Waals surface area (Å²) in [6.45, 7) is 1.96. The van der Waals surface area contributed by atoms with Crippen molar-refractivity contribution in [3.63, 3.8) is 0 Å². The zero-order valence-electron chi connectivity index (χ0n) is 9.62. The molecule has 1 aliphatic carbocycles. The number of aromatic carboxylic acids is 1. The summed E-state index contributed by atoms with van der Waals surface area (Å²) in [5.74, 6) is -0.851. The van der Waals surface area contributed by atoms with Crippen LogP contribution in [-0.2, 0) is 19.3 Å². The van der Waals surface area contributed by atoms with Gasteiger partial charge in [0.05, 0.1) is 11.3 Å². The van der Waals surface area contributed by atoms with Gasteiger partial charge >= 0.3 is 5.97 Å². The number of hydrogen-bond donors (Lipinski definition) is 1. The molecule has 0 fully saturated rings. The normalized spacial score (nSPS) is 15.3. The second kappa shape index (κ2) is 4.64. The van der Waals surface area contributed by atoms with Crippen LogP contribution in [0.5, 0.6) is 0 Å². The number of aromatic nitrogens is 1. The van der Waals surface area contributed by atoms with Gasteiger partial charge in [0.15, 0.2) is 0 Å². The summed E-state index contributed by atoms with van der Waals surface area (Å²) in [6.07, 6.45) is 6.22. The SMILES string of the molecule is CCc1nc2c(cc1C(=O)O)CCCCC2. The minimum atomic E-state index is -0.851. The topological polar surface area (TPSA) is 50.2 Å². The molecule has 0 atom stereocenters. The van der Waals surface area contributed by atoms with Crippen LogP contribution < -0.4 is 0 Å². The molecule has 0 amide bonds. The first-order chi connectivity index (χ1) is 7.72. The Kier molecular flexibility index (Phi) is 3.22. The van der Waals surface area contributed by atoms with Crippen LogP contribution in [-0.4, -0.2) is 16.1 Å². The lowest BCUT2D eigenvalue weighted by atomic mass is 10.0. The molecule has 16 heavy (non-hydrogen) atoms. The lowest BCUT2D eigenvalue weighted by Gasteiger charge is -2.10. The van der Waals surface area contributed by atoms with Gasteiger partial charge in [-0.15, -0.1) is 0 Å². The smallest absolute Gasteiger partial charge is 0.337 e. The molecular weight excluding hydrogens is 202 g/mol. The van der Waals surface area contributed by atoms with Crippen LogP contribution in [0.3, 0.4) is 0 Å². The number of carbonyl (C=O) groups is 1. The molecule has 1 aliphatic rings. The predicted octanol–water partition coefficient (Wildman–Crippen LogP) is 2.61. The number of aryl methyl sites for hydroxylation is 3. The number of carboxylic acid groups (broad SMARTS) is 1. The van der Waals surface area contributed by atoms with Gasteiger partial charge in [0, 0.05) is 5.69 Å². The Hall–Kier alpha value is -1.38. The molecule has 1 aromatic rings. The zero-order chi connectivity index (χ0) is 11.5. The molecular formula is C13H17NO2. The summed E-state index contributed by atoms with van der Waals surface area (Å²) in [4.78, 5) is 15.6. The third kappa shape index (κ3) is 2.08. The van der Waals surface area contributed by atoms with E-state index in [0.29, 0.717) is 12.0 Å². The van der Waals surface area contributed by atoms with Crippen molar-refractivity contribution >= 4 is 5.97 Å². The molecule has 1 N–H and O–H groups in total. The van der Waals surface area contributed by atoms with Crippen molar-refractivity contribution in [3.8, 4) is 0 Å². The molecule has 0 spiro atoms. The number of carboxylic acids is 1. The third-order valence-electron chi connectivity index (χ3n) is 3.20. The van der Waals surface area contributed by atoms with E-state index in [1.54, 1.807) is 0 Å². The summed E-state index contributed by atoms with van der Waals surface area (Å²) in [7, 11) is 0. The fraction of sp³-hybridized carbons (Fsp3) is 0.538. The zero-order valence-corrected chi connectivity index (χ0v) is 9.62. The van der Waals surface area contributed by atoms with Crippen LogP contribution in [0, 0.1) is 0 Å². The molecule has 0 radical (unpaired) electrons. The highest BCUT2D eigenvalue weighted by molar-refractivity contribution is 5.89. The van der Waals surface area contributed by atoms with Gasteiger partial charge in [0.2, 0.25) is 0 Å². The Labute approximate surface area is 95.5 Å². The molecule has 0 saturated carbocycles. The maximum Gasteiger partial charge on any atom is 0.337 e. The van der Waals surface area contributed by atoms with Gasteiger partial charge in [-0.2, -0.15) is 0 Å². The largest absolute Gasteiger partial charge is 0.478 e. The maximum absolute atomic E-state index is 11.1. The summed E-state index contributed by atoms with van der Waals surface area (Å²) in [6, 6.07) is 1.84. The second-order valence-corrected chi connectivity index (χ2v) is 4.31. The number of rotatable bonds is 2. The number of nitrogens with zero attached hydrogens (tertiary/aromatic N) is 1. The van der Waals surface area contributed by atoms with Crippen LogP contribution in [0.1, 0.15) is 53.5 Å². The Morgan fingerprint density at radius 2 is 2.12 bits per heavy atom. The fourth-order valence-corrected chi connectivity index (χ4v) is 2.31. The highest BCUT2D eigenvalue weighted by Gasteiger charge is 2.16. The molecule has 3 nitrogen and oxygen atoms in total. The van der Waals surface area contributed by atoms with Crippen LogP contribution in [0.15, 0.2) is 6.07 Å². The van der Waals surface area contributed by atoms with Crippen LogP contribution in [0.2, 0.25) is 0 Å². The van der Waals surface area contributed by atoms with Gasteiger partial charge in [-0.25, -0.2) is 4.79 Å². The van der Waals surface area contributed by atoms with Crippen molar-refractivity contribution < 1.29 is 9.90 Å². The molecule has 0 unspecified atom stereocenters. The molecule has 86 valence electrons. The van der Waals surface area contributed by atoms with E-state index >= 15 is 0 Å². The highest BCUT2D eigenvalue weighted by Crippen LogP contribution is 2.22. The van der Waals surface area contributed by atoms with E-state index < -0.39 is 5.97 Å². The second-order valence-electron chi connectivity index (χ2n) is 4.31. The van der Waals surface area contributed by atoms with Crippen molar-refractivity contribution in [1.82, 2.24) is 4.98 Å². The molecule has 1 heterocycles. The summed E-state index contributed by atoms with van der Waals surface area (Å²) in [5, 5.41) is 9.13. The van der Waals surface area contributed by atoms with Gasteiger partial charge < -0.3 is 5.11 Å². The molecule has 0 aliphatic heterocycles. The quantitative estimate of drug-likeness (QED) is 0.778. The van der Waals surface area contributed by atoms with E-state index in [1.165, 1.54) is 12.8 Å². The lowest BCUT2D eigenvalue weighted by molar-refractivity contribution is 0.0695. The average Bonchev–Trinajstić information content (AvgIpc) is 2.51. The first kappa shape index (κ1) is 11.1. The van der Waals surface area contributed by atoms with Gasteiger partial charge in [-0.1, -0.05) is 13.3 Å². The number of pyridine rings is 1. The first-order valence-corrected chi connectivity index (χ1v) is 5.97. The van der Waals surface area contributed by atoms with Crippen molar-refractivity contribution in [2.45, 2.75) is 45.4 Å². The van der Waals surface area contributed by atoms with E-state index in [2.05, 4.69) is 4.98 Å².